The van der Waals surface area contributed by atoms with Gasteiger partial charge in [-0.15, -0.1) is 0 Å². The van der Waals surface area contributed by atoms with Gasteiger partial charge in [0.2, 0.25) is 0 Å². The lowest BCUT2D eigenvalue weighted by Gasteiger charge is -2.12. The molecule has 0 amide bonds. The lowest BCUT2D eigenvalue weighted by atomic mass is 10.0. The Labute approximate surface area is 114 Å². The van der Waals surface area contributed by atoms with Gasteiger partial charge in [0.05, 0.1) is 10.5 Å². The third kappa shape index (κ3) is 1.66. The third-order valence-electron chi connectivity index (χ3n) is 3.30. The van der Waals surface area contributed by atoms with Gasteiger partial charge in [0.25, 0.3) is 0 Å². The molecule has 3 rings (SSSR count). The molecule has 1 aliphatic rings. The van der Waals surface area contributed by atoms with Gasteiger partial charge in [-0.1, -0.05) is 23.2 Å². The van der Waals surface area contributed by atoms with E-state index >= 15 is 0 Å². The molecule has 18 heavy (non-hydrogen) atoms. The van der Waals surface area contributed by atoms with E-state index < -0.39 is 0 Å². The van der Waals surface area contributed by atoms with Crippen LogP contribution in [0.4, 0.5) is 0 Å². The van der Waals surface area contributed by atoms with E-state index in [0.29, 0.717) is 10.0 Å². The van der Waals surface area contributed by atoms with Crippen molar-refractivity contribution >= 4 is 39.9 Å². The van der Waals surface area contributed by atoms with Crippen LogP contribution < -0.4 is 5.73 Å². The molecule has 0 unspecified atom stereocenters. The fraction of sp³-hybridized carbons (Fsp3) is 0.231. The summed E-state index contributed by atoms with van der Waals surface area (Å²) in [6, 6.07) is 3.44. The number of nitrogen functional groups attached to an aromatic ring is 1. The second-order valence-corrected chi connectivity index (χ2v) is 5.30. The Morgan fingerprint density at radius 3 is 2.78 bits per heavy atom. The monoisotopic (exact) mass is 279 g/mol. The van der Waals surface area contributed by atoms with E-state index in [9.17, 15) is 0 Å². The largest absolute Gasteiger partial charge is 0.384 e. The van der Waals surface area contributed by atoms with Crippen LogP contribution in [0.15, 0.2) is 12.1 Å². The average molecular weight is 280 g/mol. The van der Waals surface area contributed by atoms with E-state index in [1.54, 1.807) is 12.1 Å². The maximum absolute atomic E-state index is 7.79. The summed E-state index contributed by atoms with van der Waals surface area (Å²) < 4.78 is 0. The topological polar surface area (TPSA) is 62.8 Å². The molecule has 1 aromatic heterocycles. The Bertz CT molecular complexity index is 680. The molecule has 1 heterocycles. The van der Waals surface area contributed by atoms with Crippen molar-refractivity contribution in [3.8, 4) is 0 Å². The van der Waals surface area contributed by atoms with Gasteiger partial charge < -0.3 is 5.73 Å². The molecule has 1 aromatic carbocycles. The van der Waals surface area contributed by atoms with E-state index in [4.69, 9.17) is 34.3 Å². The number of aryl methyl sites for hydroxylation is 1. The van der Waals surface area contributed by atoms with E-state index in [2.05, 4.69) is 4.98 Å². The van der Waals surface area contributed by atoms with Gasteiger partial charge in [0.1, 0.15) is 5.84 Å². The van der Waals surface area contributed by atoms with Crippen LogP contribution in [0.1, 0.15) is 23.2 Å². The minimum atomic E-state index is 0.0461. The highest BCUT2D eigenvalue weighted by atomic mass is 35.5. The van der Waals surface area contributed by atoms with Gasteiger partial charge in [0, 0.05) is 21.7 Å². The fourth-order valence-electron chi connectivity index (χ4n) is 2.61. The maximum atomic E-state index is 7.79. The van der Waals surface area contributed by atoms with Gasteiger partial charge in [-0.05, 0) is 37.0 Å². The Morgan fingerprint density at radius 2 is 2.06 bits per heavy atom. The molecule has 3 nitrogen and oxygen atoms in total. The highest BCUT2D eigenvalue weighted by molar-refractivity contribution is 6.39. The summed E-state index contributed by atoms with van der Waals surface area (Å²) in [7, 11) is 0. The SMILES string of the molecule is N=C(N)c1c2c(nc3cc(Cl)cc(Cl)c13)CCC2. The number of benzene rings is 1. The molecular weight excluding hydrogens is 269 g/mol. The first-order valence-corrected chi connectivity index (χ1v) is 6.48. The molecule has 0 spiro atoms. The first kappa shape index (κ1) is 11.8. The molecule has 0 bridgehead atoms. The number of aromatic nitrogens is 1. The van der Waals surface area contributed by atoms with Crippen LogP contribution in [0.2, 0.25) is 10.0 Å². The second-order valence-electron chi connectivity index (χ2n) is 4.46. The molecule has 3 N–H and O–H groups in total. The number of nitrogens with two attached hydrogens (primary N) is 1. The zero-order valence-corrected chi connectivity index (χ0v) is 11.1. The first-order valence-electron chi connectivity index (χ1n) is 5.73. The number of amidine groups is 1. The van der Waals surface area contributed by atoms with Crippen molar-refractivity contribution in [3.05, 3.63) is 39.0 Å². The number of halogens is 2. The van der Waals surface area contributed by atoms with Crippen molar-refractivity contribution in [2.75, 3.05) is 0 Å². The molecule has 2 aromatic rings. The van der Waals surface area contributed by atoms with Crippen LogP contribution in [-0.2, 0) is 12.8 Å². The van der Waals surface area contributed by atoms with Crippen LogP contribution in [0, 0.1) is 5.41 Å². The summed E-state index contributed by atoms with van der Waals surface area (Å²) in [5.41, 5.74) is 9.26. The van der Waals surface area contributed by atoms with Crippen molar-refractivity contribution in [2.45, 2.75) is 19.3 Å². The number of fused-ring (bicyclic) bond motifs is 2. The molecule has 5 heteroatoms. The number of nitrogens with one attached hydrogen (secondary N) is 1. The molecule has 0 atom stereocenters. The number of pyridine rings is 1. The van der Waals surface area contributed by atoms with Crippen molar-refractivity contribution < 1.29 is 0 Å². The zero-order valence-electron chi connectivity index (χ0n) is 9.56. The van der Waals surface area contributed by atoms with Gasteiger partial charge >= 0.3 is 0 Å². The summed E-state index contributed by atoms with van der Waals surface area (Å²) in [6.45, 7) is 0. The Hall–Kier alpha value is -1.32. The lowest BCUT2D eigenvalue weighted by Crippen LogP contribution is -2.15. The zero-order chi connectivity index (χ0) is 12.9. The summed E-state index contributed by atoms with van der Waals surface area (Å²) >= 11 is 12.2. The quantitative estimate of drug-likeness (QED) is 0.621. The minimum absolute atomic E-state index is 0.0461. The van der Waals surface area contributed by atoms with Gasteiger partial charge in [0.15, 0.2) is 0 Å². The van der Waals surface area contributed by atoms with Crippen LogP contribution in [0.3, 0.4) is 0 Å². The van der Waals surface area contributed by atoms with Crippen LogP contribution in [-0.4, -0.2) is 10.8 Å². The lowest BCUT2D eigenvalue weighted by molar-refractivity contribution is 0.901. The fourth-order valence-corrected chi connectivity index (χ4v) is 3.19. The van der Waals surface area contributed by atoms with Crippen LogP contribution >= 0.6 is 23.2 Å². The van der Waals surface area contributed by atoms with Gasteiger partial charge in [-0.25, -0.2) is 0 Å². The van der Waals surface area contributed by atoms with Gasteiger partial charge in [-0.2, -0.15) is 0 Å². The molecule has 0 radical (unpaired) electrons. The molecule has 0 aliphatic heterocycles. The van der Waals surface area contributed by atoms with Crippen molar-refractivity contribution in [1.29, 1.82) is 5.41 Å². The van der Waals surface area contributed by atoms with Crippen LogP contribution in [0.25, 0.3) is 10.9 Å². The number of nitrogens with zero attached hydrogens (tertiary/aromatic N) is 1. The van der Waals surface area contributed by atoms with Gasteiger partial charge in [-0.3, -0.25) is 10.4 Å². The second kappa shape index (κ2) is 4.11. The number of rotatable bonds is 1. The predicted molar refractivity (Wildman–Crippen MR) is 74.8 cm³/mol. The van der Waals surface area contributed by atoms with Crippen molar-refractivity contribution in [2.24, 2.45) is 5.73 Å². The summed E-state index contributed by atoms with van der Waals surface area (Å²) in [6.07, 6.45) is 2.88. The van der Waals surface area contributed by atoms with Crippen molar-refractivity contribution in [1.82, 2.24) is 4.98 Å². The highest BCUT2D eigenvalue weighted by Gasteiger charge is 2.22. The smallest absolute Gasteiger partial charge is 0.123 e. The normalized spacial score (nSPS) is 13.9. The van der Waals surface area contributed by atoms with E-state index in [-0.39, 0.29) is 5.84 Å². The third-order valence-corrected chi connectivity index (χ3v) is 3.82. The van der Waals surface area contributed by atoms with E-state index in [0.717, 1.165) is 47.0 Å². The molecule has 1 aliphatic carbocycles. The van der Waals surface area contributed by atoms with E-state index in [1.807, 2.05) is 0 Å². The molecule has 0 saturated heterocycles. The average Bonchev–Trinajstić information content (AvgIpc) is 2.72. The Kier molecular flexibility index (Phi) is 2.68. The predicted octanol–water partition coefficient (Wildman–Crippen LogP) is 3.31. The first-order chi connectivity index (χ1) is 8.58. The minimum Gasteiger partial charge on any atom is -0.384 e. The number of hydrogen-bond donors (Lipinski definition) is 2. The molecular formula is C13H11Cl2N3. The van der Waals surface area contributed by atoms with Crippen molar-refractivity contribution in [3.63, 3.8) is 0 Å². The van der Waals surface area contributed by atoms with Crippen LogP contribution in [0.5, 0.6) is 0 Å². The molecule has 92 valence electrons. The molecule has 0 saturated carbocycles. The summed E-state index contributed by atoms with van der Waals surface area (Å²) in [5.74, 6) is 0.0461. The Morgan fingerprint density at radius 1 is 1.28 bits per heavy atom. The van der Waals surface area contributed by atoms with E-state index in [1.165, 1.54) is 0 Å². The maximum Gasteiger partial charge on any atom is 0.123 e. The summed E-state index contributed by atoms with van der Waals surface area (Å²) in [5, 5.41) is 9.59. The standard InChI is InChI=1S/C13H11Cl2N3/c14-6-4-8(15)12-10(5-6)18-9-3-1-2-7(9)11(12)13(16)17/h4-5H,1-3H2,(H3,16,17). The summed E-state index contributed by atoms with van der Waals surface area (Å²) in [4.78, 5) is 4.60. The molecule has 0 fully saturated rings. The highest BCUT2D eigenvalue weighted by Crippen LogP contribution is 2.35. The Balaban J connectivity index is 2.50. The number of hydrogen-bond acceptors (Lipinski definition) is 2.